The van der Waals surface area contributed by atoms with Crippen molar-refractivity contribution in [2.45, 2.75) is 215 Å². The zero-order chi connectivity index (χ0) is 98.7. The summed E-state index contributed by atoms with van der Waals surface area (Å²) in [5, 5.41) is 49.2. The summed E-state index contributed by atoms with van der Waals surface area (Å²) in [5.41, 5.74) is 19.9. The van der Waals surface area contributed by atoms with Crippen molar-refractivity contribution >= 4 is 129 Å². The molecule has 4 aromatic carbocycles. The van der Waals surface area contributed by atoms with Gasteiger partial charge in [0.2, 0.25) is 100 Å². The molecule has 2 fully saturated rings. The molecule has 2 aliphatic heterocycles. The summed E-state index contributed by atoms with van der Waals surface area (Å²) in [6, 6.07) is 12.8. The molecule has 2 saturated heterocycles. The Kier molecular flexibility index (Phi) is 41.5. The van der Waals surface area contributed by atoms with E-state index in [2.05, 4.69) is 73.4 Å². The maximum absolute atomic E-state index is 16.2. The number of aromatic amines is 2. The summed E-state index contributed by atoms with van der Waals surface area (Å²) in [6.07, 6.45) is 4.51. The molecule has 0 radical (unpaired) electrons. The van der Waals surface area contributed by atoms with Crippen molar-refractivity contribution in [3.63, 3.8) is 0 Å². The van der Waals surface area contributed by atoms with Gasteiger partial charge in [-0.3, -0.25) is 86.9 Å². The minimum Gasteiger partial charge on any atom is -0.394 e. The van der Waals surface area contributed by atoms with Crippen LogP contribution in [0.1, 0.15) is 146 Å². The number of aliphatic hydroxyl groups excluding tert-OH is 1. The van der Waals surface area contributed by atoms with Crippen molar-refractivity contribution in [1.29, 1.82) is 5.41 Å². The van der Waals surface area contributed by atoms with Crippen LogP contribution in [0.3, 0.4) is 0 Å². The van der Waals surface area contributed by atoms with Gasteiger partial charge in [-0.25, -0.2) is 4.98 Å². The van der Waals surface area contributed by atoms with E-state index in [1.165, 1.54) is 57.4 Å². The predicted octanol–water partition coefficient (Wildman–Crippen LogP) is -1.03. The standard InChI is InChI=1S/C93H129N23O18S/c1-10-12-36-71-86(128)105-63(35-25-39-99-93(96)97)82(124)110-70(81(123)101-48-75(95)119)51-135-52-77(121)104-67(42-56-27-17-14-18-28-56)89(131)113(7)55(5)80(122)107-68(45-74(94)118)90(132)116-40-26-38-72(116)87(129)106-65(44-60-47-98-53-102-60)84(126)108-66(41-54(3)4)88(130)112(6)49-76(120)103-64(43-59-46-100-62-34-24-23-33-61(59)62)83(125)109-69(50-117)85(127)111-79(92(134)115(9)73(37-13-11-2)91(133)114(71)8)78(57-29-19-15-20-30-57)58-31-21-16-22-32-58/h14-24,27-34,46-47,53-55,63-73,78-79,100,117H,10-13,25-26,35-45,48-52H2,1-9H3,(H2,94,118)(H2,95,119)(H,98,102)(H,101,123)(H,103,120)(H,104,121)(H,105,128)(H,106,129)(H,107,122)(H,108,126)(H,109,125)(H,110,124)(H,111,127)(H4,96,97,99)/t55-,63?,64-,65-,66-,67-,68-,69-,70-,71-,72?,73-,79-/m0/s1. The monoisotopic (exact) mass is 1890 g/mol. The van der Waals surface area contributed by atoms with Gasteiger partial charge in [-0.2, -0.15) is 0 Å². The number of nitrogens with two attached hydrogens (primary N) is 3. The number of unbranched alkanes of at least 4 members (excludes halogenated alkanes) is 2. The van der Waals surface area contributed by atoms with Crippen molar-refractivity contribution < 1.29 is 86.6 Å². The number of imidazole rings is 1. The van der Waals surface area contributed by atoms with Crippen molar-refractivity contribution in [3.8, 4) is 0 Å². The molecule has 6 aromatic rings. The fraction of sp³-hybridized carbons (Fsp3) is 0.495. The topological polar surface area (TPSA) is 605 Å². The fourth-order valence-corrected chi connectivity index (χ4v) is 17.1. The minimum absolute atomic E-state index is 0.00342. The molecule has 13 atom stereocenters. The van der Waals surface area contributed by atoms with Gasteiger partial charge in [0.25, 0.3) is 0 Å². The highest BCUT2D eigenvalue weighted by molar-refractivity contribution is 8.00. The van der Waals surface area contributed by atoms with E-state index in [1.807, 2.05) is 13.8 Å². The molecule has 0 aliphatic carbocycles. The number of thioether (sulfide) groups is 1. The third-order valence-electron chi connectivity index (χ3n) is 23.6. The summed E-state index contributed by atoms with van der Waals surface area (Å²) in [7, 11) is 5.27. The molecule has 0 bridgehead atoms. The summed E-state index contributed by atoms with van der Waals surface area (Å²) >= 11 is 0.795. The Morgan fingerprint density at radius 3 is 1.73 bits per heavy atom. The number of benzene rings is 4. The summed E-state index contributed by atoms with van der Waals surface area (Å²) in [6.45, 7) is 5.90. The van der Waals surface area contributed by atoms with Crippen LogP contribution < -0.4 is 75.7 Å². The van der Waals surface area contributed by atoms with Gasteiger partial charge < -0.3 is 115 Å². The Balaban J connectivity index is 1.21. The number of nitrogens with zero attached hydrogens (tertiary/aromatic N) is 6. The first-order valence-corrected chi connectivity index (χ1v) is 46.4. The number of carbonyl (C=O) groups excluding carboxylic acids is 17. The lowest BCUT2D eigenvalue weighted by Crippen LogP contribution is -2.62. The Labute approximate surface area is 788 Å². The molecule has 21 N–H and O–H groups in total. The Morgan fingerprint density at radius 1 is 0.548 bits per heavy atom. The van der Waals surface area contributed by atoms with Crippen LogP contribution in [-0.4, -0.2) is 302 Å². The first-order valence-electron chi connectivity index (χ1n) is 45.3. The van der Waals surface area contributed by atoms with Gasteiger partial charge in [-0.05, 0) is 86.1 Å². The van der Waals surface area contributed by atoms with Gasteiger partial charge in [0.1, 0.15) is 78.5 Å². The van der Waals surface area contributed by atoms with Crippen LogP contribution in [0.15, 0.2) is 134 Å². The van der Waals surface area contributed by atoms with Crippen LogP contribution in [0.4, 0.5) is 0 Å². The first-order chi connectivity index (χ1) is 64.4. The number of aliphatic hydroxyl groups is 1. The normalized spacial score (nSPS) is 23.2. The minimum atomic E-state index is -1.89. The molecule has 0 saturated carbocycles. The molecular weight excluding hydrogens is 1760 g/mol. The first kappa shape index (κ1) is 107. The second-order valence-corrected chi connectivity index (χ2v) is 35.3. The summed E-state index contributed by atoms with van der Waals surface area (Å²) in [4.78, 5) is 266. The third kappa shape index (κ3) is 31.4. The molecule has 135 heavy (non-hydrogen) atoms. The predicted molar refractivity (Wildman–Crippen MR) is 502 cm³/mol. The van der Waals surface area contributed by atoms with Crippen molar-refractivity contribution in [3.05, 3.63) is 162 Å². The average molecular weight is 1890 g/mol. The van der Waals surface area contributed by atoms with Gasteiger partial charge in [0, 0.05) is 101 Å². The highest BCUT2D eigenvalue weighted by Crippen LogP contribution is 2.32. The number of hydrogen-bond donors (Lipinski definition) is 18. The molecule has 730 valence electrons. The number of likely N-dealkylation sites (N-methyl/N-ethyl adjacent to an activating group) is 4. The lowest BCUT2D eigenvalue weighted by atomic mass is 9.83. The van der Waals surface area contributed by atoms with Crippen LogP contribution in [-0.2, 0) is 101 Å². The maximum atomic E-state index is 16.2. The van der Waals surface area contributed by atoms with E-state index in [0.29, 0.717) is 64.5 Å². The smallest absolute Gasteiger partial charge is 0.246 e. The number of rotatable bonds is 27. The molecule has 2 aliphatic rings. The molecule has 2 aromatic heterocycles. The van der Waals surface area contributed by atoms with Gasteiger partial charge in [-0.15, -0.1) is 11.8 Å². The number of nitrogens with one attached hydrogen (secondary N) is 14. The number of guanidine groups is 1. The van der Waals surface area contributed by atoms with Crippen LogP contribution in [0.25, 0.3) is 10.9 Å². The second-order valence-electron chi connectivity index (χ2n) is 34.3. The van der Waals surface area contributed by atoms with E-state index in [1.54, 1.807) is 135 Å². The largest absolute Gasteiger partial charge is 0.394 e. The average Bonchev–Trinajstić information content (AvgIpc) is 1.50. The summed E-state index contributed by atoms with van der Waals surface area (Å²) < 4.78 is 0. The highest BCUT2D eigenvalue weighted by atomic mass is 32.2. The zero-order valence-corrected chi connectivity index (χ0v) is 78.4. The molecule has 41 nitrogen and oxygen atoms in total. The number of hydrogen-bond acceptors (Lipinski definition) is 21. The zero-order valence-electron chi connectivity index (χ0n) is 77.6. The molecule has 2 unspecified atom stereocenters. The quantitative estimate of drug-likeness (QED) is 0.0167. The van der Waals surface area contributed by atoms with Crippen LogP contribution in [0.5, 0.6) is 0 Å². The van der Waals surface area contributed by atoms with Crippen LogP contribution in [0.2, 0.25) is 0 Å². The Hall–Kier alpha value is -13.8. The van der Waals surface area contributed by atoms with Gasteiger partial charge in [0.05, 0.1) is 38.2 Å². The Bertz CT molecular complexity index is 5050. The third-order valence-corrected chi connectivity index (χ3v) is 24.7. The molecule has 4 heterocycles. The number of amides is 17. The van der Waals surface area contributed by atoms with Crippen LogP contribution in [0, 0.1) is 11.3 Å². The van der Waals surface area contributed by atoms with E-state index in [-0.39, 0.29) is 83.2 Å². The van der Waals surface area contributed by atoms with Gasteiger partial charge >= 0.3 is 0 Å². The van der Waals surface area contributed by atoms with Gasteiger partial charge in [0.15, 0.2) is 5.96 Å². The van der Waals surface area contributed by atoms with Gasteiger partial charge in [-0.1, -0.05) is 163 Å². The van der Waals surface area contributed by atoms with E-state index in [0.717, 1.165) is 26.5 Å². The molecule has 42 heteroatoms. The molecule has 17 amide bonds. The second kappa shape index (κ2) is 52.6. The molecule has 0 spiro atoms. The lowest BCUT2D eigenvalue weighted by molar-refractivity contribution is -0.149. The Morgan fingerprint density at radius 2 is 1.12 bits per heavy atom. The number of fused-ring (bicyclic) bond motifs is 2. The van der Waals surface area contributed by atoms with E-state index in [4.69, 9.17) is 22.6 Å². The van der Waals surface area contributed by atoms with E-state index < -0.39 is 228 Å². The number of para-hydroxylation sites is 1. The number of aromatic nitrogens is 3. The highest BCUT2D eigenvalue weighted by Gasteiger charge is 2.45. The fourth-order valence-electron chi connectivity index (χ4n) is 16.2. The lowest BCUT2D eigenvalue weighted by Gasteiger charge is -2.38. The number of carbonyl (C=O) groups is 17. The van der Waals surface area contributed by atoms with Crippen molar-refractivity contribution in [2.75, 3.05) is 72.5 Å². The maximum Gasteiger partial charge on any atom is 0.246 e. The van der Waals surface area contributed by atoms with Crippen molar-refractivity contribution in [2.24, 2.45) is 23.1 Å². The number of primary amides is 2. The van der Waals surface area contributed by atoms with Crippen molar-refractivity contribution in [1.82, 2.24) is 97.9 Å². The molecule has 8 rings (SSSR count). The van der Waals surface area contributed by atoms with E-state index >= 15 is 28.8 Å². The molecular formula is C93H129N23O18S. The van der Waals surface area contributed by atoms with Crippen LogP contribution >= 0.6 is 11.8 Å². The van der Waals surface area contributed by atoms with E-state index in [9.17, 15) is 57.8 Å². The SMILES string of the molecule is CCCC[C@H]1C(=O)N(C)[C@@H](CCCC)C(=O)NC(CCCNC(=N)N)C(=O)N[C@H](C(=O)NCC(N)=O)CSCC(=O)N[C@@H](Cc2ccccc2)C(=O)N(C)[C@@H](C)C(=O)N[C@@H](CC(N)=O)C(=O)N2CCCC2C(=O)N[C@@H](Cc2cnc[nH]2)C(=O)N[C@@H](CC(C)C)C(=O)N(C)CC(=O)N[C@@H](Cc2c[nH]c3ccccc23)C(=O)N[C@@H](CO)C(=O)N[C@@H](C(c2ccccc2)c2ccccc2)C(=O)N1C. The summed E-state index contributed by atoms with van der Waals surface area (Å²) in [5.74, 6) is -18.3. The number of H-pyrrole nitrogens is 2.